The predicted octanol–water partition coefficient (Wildman–Crippen LogP) is 2.59. The van der Waals surface area contributed by atoms with Crippen LogP contribution in [0.25, 0.3) is 0 Å². The zero-order valence-electron chi connectivity index (χ0n) is 11.5. The lowest BCUT2D eigenvalue weighted by Gasteiger charge is -2.29. The van der Waals surface area contributed by atoms with Gasteiger partial charge in [0.15, 0.2) is 0 Å². The quantitative estimate of drug-likeness (QED) is 0.931. The van der Waals surface area contributed by atoms with Gasteiger partial charge in [0.2, 0.25) is 0 Å². The third-order valence-corrected chi connectivity index (χ3v) is 4.86. The van der Waals surface area contributed by atoms with Crippen LogP contribution in [0.3, 0.4) is 0 Å². The van der Waals surface area contributed by atoms with Gasteiger partial charge >= 0.3 is 5.97 Å². The van der Waals surface area contributed by atoms with Gasteiger partial charge in [0.25, 0.3) is 5.91 Å². The predicted molar refractivity (Wildman–Crippen MR) is 75.0 cm³/mol. The summed E-state index contributed by atoms with van der Waals surface area (Å²) in [6.07, 6.45) is 0. The largest absolute Gasteiger partial charge is 0.480 e. The molecule has 1 amide bonds. The van der Waals surface area contributed by atoms with Gasteiger partial charge in [0.1, 0.15) is 17.7 Å². The third kappa shape index (κ3) is 3.18. The van der Waals surface area contributed by atoms with Crippen molar-refractivity contribution in [3.8, 4) is 0 Å². The molecule has 1 N–H and O–H groups in total. The summed E-state index contributed by atoms with van der Waals surface area (Å²) < 4.78 is 26.5. The van der Waals surface area contributed by atoms with Gasteiger partial charge in [-0.15, -0.1) is 11.8 Å². The Morgan fingerprint density at radius 1 is 1.29 bits per heavy atom. The molecule has 0 aromatic heterocycles. The summed E-state index contributed by atoms with van der Waals surface area (Å²) in [6, 6.07) is 1.53. The van der Waals surface area contributed by atoms with Gasteiger partial charge in [0.05, 0.1) is 5.37 Å². The molecule has 1 aromatic rings. The molecule has 1 fully saturated rings. The van der Waals surface area contributed by atoms with Crippen molar-refractivity contribution in [2.24, 2.45) is 5.92 Å². The summed E-state index contributed by atoms with van der Waals surface area (Å²) >= 11 is 1.36. The summed E-state index contributed by atoms with van der Waals surface area (Å²) in [6.45, 7) is 3.74. The van der Waals surface area contributed by atoms with Crippen molar-refractivity contribution < 1.29 is 23.5 Å². The molecule has 2 atom stereocenters. The first-order valence-electron chi connectivity index (χ1n) is 6.44. The van der Waals surface area contributed by atoms with Crippen molar-refractivity contribution in [1.82, 2.24) is 4.90 Å². The van der Waals surface area contributed by atoms with Gasteiger partial charge in [-0.25, -0.2) is 13.6 Å². The van der Waals surface area contributed by atoms with E-state index in [4.69, 9.17) is 0 Å². The van der Waals surface area contributed by atoms with E-state index in [1.54, 1.807) is 0 Å². The van der Waals surface area contributed by atoms with Gasteiger partial charge in [-0.3, -0.25) is 4.79 Å². The third-order valence-electron chi connectivity index (χ3n) is 3.23. The Morgan fingerprint density at radius 3 is 2.33 bits per heavy atom. The van der Waals surface area contributed by atoms with E-state index in [9.17, 15) is 23.5 Å². The van der Waals surface area contributed by atoms with Gasteiger partial charge in [0, 0.05) is 17.4 Å². The van der Waals surface area contributed by atoms with E-state index in [-0.39, 0.29) is 22.6 Å². The van der Waals surface area contributed by atoms with Gasteiger partial charge < -0.3 is 10.0 Å². The molecule has 0 saturated carbocycles. The highest BCUT2D eigenvalue weighted by molar-refractivity contribution is 8.00. The Kier molecular flexibility index (Phi) is 4.51. The molecule has 114 valence electrons. The second-order valence-corrected chi connectivity index (χ2v) is 6.34. The lowest BCUT2D eigenvalue weighted by Crippen LogP contribution is -2.47. The van der Waals surface area contributed by atoms with Crippen LogP contribution in [0.5, 0.6) is 0 Å². The number of benzene rings is 1. The maximum absolute atomic E-state index is 13.3. The number of rotatable bonds is 3. The average molecular weight is 315 g/mol. The summed E-state index contributed by atoms with van der Waals surface area (Å²) in [5.74, 6) is -3.21. The number of carbonyl (C=O) groups is 2. The monoisotopic (exact) mass is 315 g/mol. The Balaban J connectivity index is 2.38. The van der Waals surface area contributed by atoms with Crippen LogP contribution in [0, 0.1) is 17.6 Å². The first kappa shape index (κ1) is 15.8. The SMILES string of the molecule is CC(C)C1SCC(C(=O)O)N1C(=O)c1cc(F)cc(F)c1. The molecule has 0 aliphatic carbocycles. The fraction of sp³-hybridized carbons (Fsp3) is 0.429. The topological polar surface area (TPSA) is 57.6 Å². The molecule has 1 aliphatic rings. The molecule has 0 radical (unpaired) electrons. The second-order valence-electron chi connectivity index (χ2n) is 5.19. The number of hydrogen-bond donors (Lipinski definition) is 1. The molecule has 2 unspecified atom stereocenters. The molecule has 1 heterocycles. The Labute approximate surface area is 125 Å². The molecule has 1 aliphatic heterocycles. The minimum atomic E-state index is -1.11. The van der Waals surface area contributed by atoms with Crippen LogP contribution in [-0.4, -0.2) is 39.1 Å². The standard InChI is InChI=1S/C14H15F2NO3S/c1-7(2)13-17(11(6-21-13)14(19)20)12(18)8-3-9(15)5-10(16)4-8/h3-5,7,11,13H,6H2,1-2H3,(H,19,20). The number of halogens is 2. The molecule has 0 bridgehead atoms. The van der Waals surface area contributed by atoms with Crippen LogP contribution in [0.1, 0.15) is 24.2 Å². The highest BCUT2D eigenvalue weighted by atomic mass is 32.2. The average Bonchev–Trinajstić information content (AvgIpc) is 2.81. The van der Waals surface area contributed by atoms with E-state index in [0.29, 0.717) is 6.07 Å². The first-order chi connectivity index (χ1) is 9.81. The van der Waals surface area contributed by atoms with Crippen molar-refractivity contribution >= 4 is 23.6 Å². The summed E-state index contributed by atoms with van der Waals surface area (Å²) in [7, 11) is 0. The molecule has 1 saturated heterocycles. The first-order valence-corrected chi connectivity index (χ1v) is 7.49. The van der Waals surface area contributed by atoms with Gasteiger partial charge in [-0.05, 0) is 18.1 Å². The van der Waals surface area contributed by atoms with Crippen molar-refractivity contribution in [3.63, 3.8) is 0 Å². The van der Waals surface area contributed by atoms with Crippen molar-refractivity contribution in [2.45, 2.75) is 25.3 Å². The maximum Gasteiger partial charge on any atom is 0.327 e. The fourth-order valence-electron chi connectivity index (χ4n) is 2.32. The van der Waals surface area contributed by atoms with E-state index in [0.717, 1.165) is 12.1 Å². The summed E-state index contributed by atoms with van der Waals surface area (Å²) in [5, 5.41) is 8.90. The van der Waals surface area contributed by atoms with E-state index in [2.05, 4.69) is 0 Å². The lowest BCUT2D eigenvalue weighted by molar-refractivity contribution is -0.141. The zero-order chi connectivity index (χ0) is 15.7. The number of thioether (sulfide) groups is 1. The highest BCUT2D eigenvalue weighted by Crippen LogP contribution is 2.35. The Bertz CT molecular complexity index is 559. The van der Waals surface area contributed by atoms with Crippen LogP contribution >= 0.6 is 11.8 Å². The Hall–Kier alpha value is -1.63. The number of hydrogen-bond acceptors (Lipinski definition) is 3. The van der Waals surface area contributed by atoms with Crippen LogP contribution in [0.15, 0.2) is 18.2 Å². The maximum atomic E-state index is 13.3. The van der Waals surface area contributed by atoms with Crippen LogP contribution in [0.2, 0.25) is 0 Å². The van der Waals surface area contributed by atoms with Gasteiger partial charge in [-0.2, -0.15) is 0 Å². The van der Waals surface area contributed by atoms with Crippen molar-refractivity contribution in [2.75, 3.05) is 5.75 Å². The fourth-order valence-corrected chi connectivity index (χ4v) is 3.79. The number of aliphatic carboxylic acids is 1. The molecule has 7 heteroatoms. The van der Waals surface area contributed by atoms with E-state index < -0.39 is 29.6 Å². The van der Waals surface area contributed by atoms with Crippen LogP contribution in [0.4, 0.5) is 8.78 Å². The summed E-state index contributed by atoms with van der Waals surface area (Å²) in [4.78, 5) is 25.0. The number of carbonyl (C=O) groups excluding carboxylic acids is 1. The zero-order valence-corrected chi connectivity index (χ0v) is 12.4. The highest BCUT2D eigenvalue weighted by Gasteiger charge is 2.43. The van der Waals surface area contributed by atoms with Crippen LogP contribution < -0.4 is 0 Å². The normalized spacial score (nSPS) is 21.9. The number of carboxylic acids is 1. The smallest absolute Gasteiger partial charge is 0.327 e. The van der Waals surface area contributed by atoms with Crippen molar-refractivity contribution in [1.29, 1.82) is 0 Å². The van der Waals surface area contributed by atoms with E-state index in [1.165, 1.54) is 16.7 Å². The molecule has 1 aromatic carbocycles. The molecular formula is C14H15F2NO3S. The van der Waals surface area contributed by atoms with Gasteiger partial charge in [-0.1, -0.05) is 13.8 Å². The Morgan fingerprint density at radius 2 is 1.86 bits per heavy atom. The number of nitrogens with zero attached hydrogens (tertiary/aromatic N) is 1. The molecule has 21 heavy (non-hydrogen) atoms. The summed E-state index contributed by atoms with van der Waals surface area (Å²) in [5.41, 5.74) is -0.174. The second kappa shape index (κ2) is 6.01. The number of amides is 1. The molecule has 0 spiro atoms. The van der Waals surface area contributed by atoms with E-state index >= 15 is 0 Å². The van der Waals surface area contributed by atoms with E-state index in [1.807, 2.05) is 13.8 Å². The molecular weight excluding hydrogens is 300 g/mol. The minimum absolute atomic E-state index is 0.0294. The number of carboxylic acid groups (broad SMARTS) is 1. The van der Waals surface area contributed by atoms with Crippen molar-refractivity contribution in [3.05, 3.63) is 35.4 Å². The molecule has 2 rings (SSSR count). The lowest BCUT2D eigenvalue weighted by atomic mass is 10.1. The minimum Gasteiger partial charge on any atom is -0.480 e. The van der Waals surface area contributed by atoms with Crippen LogP contribution in [-0.2, 0) is 4.79 Å². The molecule has 4 nitrogen and oxygen atoms in total.